The highest BCUT2D eigenvalue weighted by Crippen LogP contribution is 2.29. The van der Waals surface area contributed by atoms with Gasteiger partial charge in [0.25, 0.3) is 0 Å². The molecule has 16 heavy (non-hydrogen) atoms. The predicted octanol–water partition coefficient (Wildman–Crippen LogP) is 2.20. The zero-order chi connectivity index (χ0) is 11.2. The van der Waals surface area contributed by atoms with Crippen molar-refractivity contribution in [2.75, 3.05) is 38.2 Å². The van der Waals surface area contributed by atoms with Gasteiger partial charge in [-0.15, -0.1) is 0 Å². The average molecular weight is 242 g/mol. The van der Waals surface area contributed by atoms with Crippen LogP contribution in [-0.2, 0) is 0 Å². The maximum Gasteiger partial charge on any atom is 0.0249 e. The molecule has 2 nitrogen and oxygen atoms in total. The summed E-state index contributed by atoms with van der Waals surface area (Å²) in [4.78, 5) is 2.75. The Labute approximate surface area is 105 Å². The highest BCUT2D eigenvalue weighted by atomic mass is 32.2. The van der Waals surface area contributed by atoms with Crippen molar-refractivity contribution in [1.29, 1.82) is 0 Å². The minimum atomic E-state index is 0.811. The Bertz CT molecular complexity index is 168. The number of nitrogens with one attached hydrogen (secondary N) is 1. The Hall–Kier alpha value is 0.270. The molecular weight excluding hydrogens is 216 g/mol. The van der Waals surface area contributed by atoms with Crippen molar-refractivity contribution in [1.82, 2.24) is 10.2 Å². The van der Waals surface area contributed by atoms with E-state index in [0.29, 0.717) is 0 Å². The van der Waals surface area contributed by atoms with E-state index in [-0.39, 0.29) is 0 Å². The second-order valence-electron chi connectivity index (χ2n) is 5.17. The fourth-order valence-electron chi connectivity index (χ4n) is 3.23. The second kappa shape index (κ2) is 6.87. The van der Waals surface area contributed by atoms with Crippen LogP contribution in [0, 0.1) is 5.92 Å². The maximum absolute atomic E-state index is 3.41. The molecule has 0 aromatic carbocycles. The Kier molecular flexibility index (Phi) is 5.46. The first-order valence-corrected chi connectivity index (χ1v) is 8.03. The quantitative estimate of drug-likeness (QED) is 0.814. The highest BCUT2D eigenvalue weighted by molar-refractivity contribution is 7.99. The minimum Gasteiger partial charge on any atom is -0.318 e. The molecule has 1 aliphatic heterocycles. The Morgan fingerprint density at radius 3 is 2.50 bits per heavy atom. The summed E-state index contributed by atoms with van der Waals surface area (Å²) in [5.41, 5.74) is 0. The van der Waals surface area contributed by atoms with Crippen molar-refractivity contribution in [3.63, 3.8) is 0 Å². The van der Waals surface area contributed by atoms with Gasteiger partial charge in [-0.1, -0.05) is 19.3 Å². The van der Waals surface area contributed by atoms with E-state index in [1.807, 2.05) is 0 Å². The third-order valence-electron chi connectivity index (χ3n) is 4.12. The summed E-state index contributed by atoms with van der Waals surface area (Å²) in [5, 5.41) is 3.41. The molecule has 3 heteroatoms. The summed E-state index contributed by atoms with van der Waals surface area (Å²) < 4.78 is 0. The Balaban J connectivity index is 1.91. The van der Waals surface area contributed by atoms with Gasteiger partial charge in [0, 0.05) is 37.2 Å². The number of nitrogens with zero attached hydrogens (tertiary/aromatic N) is 1. The number of hydrogen-bond acceptors (Lipinski definition) is 3. The van der Waals surface area contributed by atoms with Gasteiger partial charge in [0.1, 0.15) is 0 Å². The molecule has 0 radical (unpaired) electrons. The van der Waals surface area contributed by atoms with Crippen LogP contribution in [0.5, 0.6) is 0 Å². The number of rotatable bonds is 4. The van der Waals surface area contributed by atoms with Crippen molar-refractivity contribution < 1.29 is 0 Å². The topological polar surface area (TPSA) is 15.3 Å². The monoisotopic (exact) mass is 242 g/mol. The van der Waals surface area contributed by atoms with E-state index >= 15 is 0 Å². The van der Waals surface area contributed by atoms with Crippen LogP contribution in [0.3, 0.4) is 0 Å². The molecule has 1 saturated carbocycles. The summed E-state index contributed by atoms with van der Waals surface area (Å²) in [6, 6.07) is 0.811. The average Bonchev–Trinajstić information content (AvgIpc) is 2.38. The smallest absolute Gasteiger partial charge is 0.0249 e. The lowest BCUT2D eigenvalue weighted by Gasteiger charge is -2.40. The summed E-state index contributed by atoms with van der Waals surface area (Å²) in [5.74, 6) is 3.64. The van der Waals surface area contributed by atoms with Crippen LogP contribution in [0.1, 0.15) is 32.1 Å². The summed E-state index contributed by atoms with van der Waals surface area (Å²) >= 11 is 2.12. The molecule has 1 N–H and O–H groups in total. The van der Waals surface area contributed by atoms with E-state index in [9.17, 15) is 0 Å². The van der Waals surface area contributed by atoms with Crippen LogP contribution in [-0.4, -0.2) is 49.1 Å². The highest BCUT2D eigenvalue weighted by Gasteiger charge is 2.28. The molecule has 2 rings (SSSR count). The van der Waals surface area contributed by atoms with Gasteiger partial charge >= 0.3 is 0 Å². The van der Waals surface area contributed by atoms with E-state index in [0.717, 1.165) is 12.0 Å². The third kappa shape index (κ3) is 3.38. The van der Waals surface area contributed by atoms with Gasteiger partial charge in [-0.2, -0.15) is 11.8 Å². The van der Waals surface area contributed by atoms with E-state index in [1.54, 1.807) is 0 Å². The minimum absolute atomic E-state index is 0.811. The van der Waals surface area contributed by atoms with Crippen LogP contribution in [0.4, 0.5) is 0 Å². The zero-order valence-corrected chi connectivity index (χ0v) is 11.4. The molecule has 0 spiro atoms. The van der Waals surface area contributed by atoms with Crippen LogP contribution in [0.2, 0.25) is 0 Å². The van der Waals surface area contributed by atoms with Gasteiger partial charge < -0.3 is 5.32 Å². The van der Waals surface area contributed by atoms with Crippen molar-refractivity contribution in [3.8, 4) is 0 Å². The second-order valence-corrected chi connectivity index (χ2v) is 6.40. The van der Waals surface area contributed by atoms with Gasteiger partial charge in [-0.05, 0) is 25.8 Å². The van der Waals surface area contributed by atoms with Crippen LogP contribution in [0.15, 0.2) is 0 Å². The van der Waals surface area contributed by atoms with Gasteiger partial charge in [0.05, 0.1) is 0 Å². The Morgan fingerprint density at radius 2 is 1.88 bits per heavy atom. The molecule has 0 aromatic rings. The normalized spacial score (nSPS) is 26.8. The lowest BCUT2D eigenvalue weighted by atomic mass is 9.83. The van der Waals surface area contributed by atoms with E-state index in [4.69, 9.17) is 0 Å². The van der Waals surface area contributed by atoms with E-state index in [1.165, 1.54) is 63.2 Å². The molecule has 2 fully saturated rings. The van der Waals surface area contributed by atoms with E-state index in [2.05, 4.69) is 29.0 Å². The molecule has 2 aliphatic rings. The van der Waals surface area contributed by atoms with Crippen molar-refractivity contribution in [3.05, 3.63) is 0 Å². The molecular formula is C13H26N2S. The molecule has 0 bridgehead atoms. The van der Waals surface area contributed by atoms with Gasteiger partial charge in [0.2, 0.25) is 0 Å². The molecule has 0 amide bonds. The van der Waals surface area contributed by atoms with Crippen molar-refractivity contribution in [2.24, 2.45) is 5.92 Å². The number of hydrogen-bond donors (Lipinski definition) is 1. The standard InChI is InChI=1S/C13H26N2S/c1-14-11-13(12-5-3-2-4-6-12)15-7-9-16-10-8-15/h12-14H,2-11H2,1H3. The summed E-state index contributed by atoms with van der Waals surface area (Å²) in [6.07, 6.45) is 7.34. The van der Waals surface area contributed by atoms with Crippen LogP contribution >= 0.6 is 11.8 Å². The summed E-state index contributed by atoms with van der Waals surface area (Å²) in [6.45, 7) is 3.82. The van der Waals surface area contributed by atoms with Gasteiger partial charge in [-0.25, -0.2) is 0 Å². The fourth-order valence-corrected chi connectivity index (χ4v) is 4.16. The maximum atomic E-state index is 3.41. The fraction of sp³-hybridized carbons (Fsp3) is 1.00. The molecule has 1 atom stereocenters. The first-order chi connectivity index (χ1) is 7.92. The first kappa shape index (κ1) is 12.7. The largest absolute Gasteiger partial charge is 0.318 e. The van der Waals surface area contributed by atoms with Crippen LogP contribution < -0.4 is 5.32 Å². The molecule has 0 aromatic heterocycles. The van der Waals surface area contributed by atoms with Gasteiger partial charge in [0.15, 0.2) is 0 Å². The van der Waals surface area contributed by atoms with Crippen molar-refractivity contribution >= 4 is 11.8 Å². The molecule has 1 aliphatic carbocycles. The molecule has 94 valence electrons. The number of thioether (sulfide) groups is 1. The Morgan fingerprint density at radius 1 is 1.19 bits per heavy atom. The van der Waals surface area contributed by atoms with Crippen molar-refractivity contribution in [2.45, 2.75) is 38.1 Å². The summed E-state index contributed by atoms with van der Waals surface area (Å²) in [7, 11) is 2.11. The lowest BCUT2D eigenvalue weighted by Crippen LogP contribution is -2.50. The molecule has 1 heterocycles. The third-order valence-corrected chi connectivity index (χ3v) is 5.06. The number of likely N-dealkylation sites (N-methyl/N-ethyl adjacent to an activating group) is 1. The first-order valence-electron chi connectivity index (χ1n) is 6.88. The molecule has 1 unspecified atom stereocenters. The molecule has 1 saturated heterocycles. The predicted molar refractivity (Wildman–Crippen MR) is 73.2 cm³/mol. The van der Waals surface area contributed by atoms with E-state index < -0.39 is 0 Å². The SMILES string of the molecule is CNCC(C1CCCCC1)N1CCSCC1. The van der Waals surface area contributed by atoms with Gasteiger partial charge in [-0.3, -0.25) is 4.90 Å². The van der Waals surface area contributed by atoms with Crippen LogP contribution in [0.25, 0.3) is 0 Å². The zero-order valence-electron chi connectivity index (χ0n) is 10.6. The lowest BCUT2D eigenvalue weighted by molar-refractivity contribution is 0.127.